The third-order valence-corrected chi connectivity index (χ3v) is 3.42. The van der Waals surface area contributed by atoms with Gasteiger partial charge in [-0.1, -0.05) is 18.2 Å². The van der Waals surface area contributed by atoms with Crippen molar-refractivity contribution in [2.24, 2.45) is 0 Å². The molecule has 7 nitrogen and oxygen atoms in total. The molecule has 0 aliphatic heterocycles. The van der Waals surface area contributed by atoms with Gasteiger partial charge in [-0.3, -0.25) is 5.32 Å². The lowest BCUT2D eigenvalue weighted by Gasteiger charge is -2.03. The van der Waals surface area contributed by atoms with Crippen LogP contribution < -0.4 is 5.32 Å². The maximum atomic E-state index is 11.4. The number of carbonyl (C=O) groups is 2. The topological polar surface area (TPSA) is 104 Å². The van der Waals surface area contributed by atoms with Crippen molar-refractivity contribution < 1.29 is 19.4 Å². The zero-order valence-electron chi connectivity index (χ0n) is 12.9. The van der Waals surface area contributed by atoms with E-state index in [9.17, 15) is 9.59 Å². The average Bonchev–Trinajstić information content (AvgIpc) is 2.96. The standard InChI is InChI=1S/C17H15N3O4/c1-2-24-17(23)20-16-18-13-7-6-11(9-14(13)19-16)10-4-3-5-12(8-10)15(21)22/h3-9H,2H2,1H3,(H,21,22)(H2,18,19,20,23). The Morgan fingerprint density at radius 2 is 2.00 bits per heavy atom. The summed E-state index contributed by atoms with van der Waals surface area (Å²) >= 11 is 0. The lowest BCUT2D eigenvalue weighted by atomic mass is 10.0. The number of aromatic carboxylic acids is 1. The number of carbonyl (C=O) groups excluding carboxylic acids is 1. The summed E-state index contributed by atoms with van der Waals surface area (Å²) in [6.45, 7) is 1.99. The molecule has 2 aromatic carbocycles. The highest BCUT2D eigenvalue weighted by Crippen LogP contribution is 2.25. The second-order valence-electron chi connectivity index (χ2n) is 5.05. The number of aromatic amines is 1. The largest absolute Gasteiger partial charge is 0.478 e. The van der Waals surface area contributed by atoms with E-state index in [1.165, 1.54) is 0 Å². The molecule has 0 aliphatic carbocycles. The predicted molar refractivity (Wildman–Crippen MR) is 89.1 cm³/mol. The van der Waals surface area contributed by atoms with E-state index in [2.05, 4.69) is 15.3 Å². The second-order valence-corrected chi connectivity index (χ2v) is 5.05. The molecular formula is C17H15N3O4. The summed E-state index contributed by atoms with van der Waals surface area (Å²) in [5, 5.41) is 11.6. The number of carboxylic acid groups (broad SMARTS) is 1. The number of nitrogens with zero attached hydrogens (tertiary/aromatic N) is 1. The zero-order valence-corrected chi connectivity index (χ0v) is 12.9. The van der Waals surface area contributed by atoms with Gasteiger partial charge in [-0.15, -0.1) is 0 Å². The van der Waals surface area contributed by atoms with Gasteiger partial charge < -0.3 is 14.8 Å². The van der Waals surface area contributed by atoms with Crippen LogP contribution in [0, 0.1) is 0 Å². The third kappa shape index (κ3) is 3.19. The number of ether oxygens (including phenoxy) is 1. The normalized spacial score (nSPS) is 10.5. The maximum absolute atomic E-state index is 11.4. The Morgan fingerprint density at radius 3 is 2.75 bits per heavy atom. The maximum Gasteiger partial charge on any atom is 0.413 e. The molecule has 0 radical (unpaired) electrons. The van der Waals surface area contributed by atoms with Gasteiger partial charge in [-0.25, -0.2) is 14.6 Å². The molecule has 0 aliphatic rings. The first kappa shape index (κ1) is 15.5. The zero-order chi connectivity index (χ0) is 17.1. The van der Waals surface area contributed by atoms with Crippen LogP contribution in [0.2, 0.25) is 0 Å². The lowest BCUT2D eigenvalue weighted by molar-refractivity contribution is 0.0697. The molecule has 0 spiro atoms. The van der Waals surface area contributed by atoms with Crippen LogP contribution in [-0.2, 0) is 4.74 Å². The van der Waals surface area contributed by atoms with Crippen molar-refractivity contribution in [2.45, 2.75) is 6.92 Å². The number of hydrogen-bond donors (Lipinski definition) is 3. The summed E-state index contributed by atoms with van der Waals surface area (Å²) in [5.41, 5.74) is 3.23. The van der Waals surface area contributed by atoms with Gasteiger partial charge in [0.15, 0.2) is 0 Å². The summed E-state index contributed by atoms with van der Waals surface area (Å²) in [5.74, 6) is -0.682. The van der Waals surface area contributed by atoms with Crippen molar-refractivity contribution in [2.75, 3.05) is 11.9 Å². The predicted octanol–water partition coefficient (Wildman–Crippen LogP) is 3.50. The van der Waals surface area contributed by atoms with Gasteiger partial charge in [-0.05, 0) is 42.3 Å². The van der Waals surface area contributed by atoms with E-state index in [1.807, 2.05) is 24.3 Å². The van der Waals surface area contributed by atoms with Gasteiger partial charge in [0.05, 0.1) is 23.2 Å². The van der Waals surface area contributed by atoms with Gasteiger partial charge in [-0.2, -0.15) is 0 Å². The number of hydrogen-bond acceptors (Lipinski definition) is 4. The van der Waals surface area contributed by atoms with Crippen LogP contribution in [0.25, 0.3) is 22.2 Å². The lowest BCUT2D eigenvalue weighted by Crippen LogP contribution is -2.14. The second kappa shape index (κ2) is 6.41. The van der Waals surface area contributed by atoms with Crippen LogP contribution in [0.4, 0.5) is 10.7 Å². The molecule has 122 valence electrons. The molecule has 1 amide bonds. The minimum atomic E-state index is -0.973. The SMILES string of the molecule is CCOC(=O)Nc1nc2cc(-c3cccc(C(=O)O)c3)ccc2[nH]1. The van der Waals surface area contributed by atoms with Crippen LogP contribution in [0.15, 0.2) is 42.5 Å². The molecule has 0 unspecified atom stereocenters. The first-order chi connectivity index (χ1) is 11.6. The van der Waals surface area contributed by atoms with Crippen LogP contribution >= 0.6 is 0 Å². The van der Waals surface area contributed by atoms with Crippen LogP contribution in [0.3, 0.4) is 0 Å². The molecule has 3 aromatic rings. The molecule has 0 fully saturated rings. The fourth-order valence-corrected chi connectivity index (χ4v) is 2.34. The van der Waals surface area contributed by atoms with Gasteiger partial charge in [0.25, 0.3) is 0 Å². The fraction of sp³-hybridized carbons (Fsp3) is 0.118. The summed E-state index contributed by atoms with van der Waals surface area (Å²) in [4.78, 5) is 29.8. The highest BCUT2D eigenvalue weighted by Gasteiger charge is 2.09. The Morgan fingerprint density at radius 1 is 1.21 bits per heavy atom. The summed E-state index contributed by atoms with van der Waals surface area (Å²) in [6.07, 6.45) is -0.578. The van der Waals surface area contributed by atoms with Crippen molar-refractivity contribution in [3.8, 4) is 11.1 Å². The van der Waals surface area contributed by atoms with Crippen molar-refractivity contribution in [3.05, 3.63) is 48.0 Å². The summed E-state index contributed by atoms with van der Waals surface area (Å²) < 4.78 is 4.80. The number of carboxylic acids is 1. The number of benzene rings is 2. The summed E-state index contributed by atoms with van der Waals surface area (Å²) in [7, 11) is 0. The van der Waals surface area contributed by atoms with E-state index in [-0.39, 0.29) is 12.2 Å². The number of imidazole rings is 1. The molecular weight excluding hydrogens is 310 g/mol. The van der Waals surface area contributed by atoms with Crippen molar-refractivity contribution in [1.29, 1.82) is 0 Å². The van der Waals surface area contributed by atoms with E-state index in [0.717, 1.165) is 16.6 Å². The number of nitrogens with one attached hydrogen (secondary N) is 2. The average molecular weight is 325 g/mol. The van der Waals surface area contributed by atoms with Gasteiger partial charge in [0, 0.05) is 0 Å². The molecule has 24 heavy (non-hydrogen) atoms. The number of rotatable bonds is 4. The van der Waals surface area contributed by atoms with Gasteiger partial charge in [0.2, 0.25) is 5.95 Å². The Hall–Kier alpha value is -3.35. The van der Waals surface area contributed by atoms with Crippen molar-refractivity contribution >= 4 is 29.0 Å². The minimum absolute atomic E-state index is 0.222. The number of H-pyrrole nitrogens is 1. The number of amides is 1. The summed E-state index contributed by atoms with van der Waals surface area (Å²) in [6, 6.07) is 12.2. The first-order valence-electron chi connectivity index (χ1n) is 7.34. The quantitative estimate of drug-likeness (QED) is 0.681. The smallest absolute Gasteiger partial charge is 0.413 e. The molecule has 1 aromatic heterocycles. The van der Waals surface area contributed by atoms with Gasteiger partial charge >= 0.3 is 12.1 Å². The number of aromatic nitrogens is 2. The van der Waals surface area contributed by atoms with E-state index in [1.54, 1.807) is 25.1 Å². The van der Waals surface area contributed by atoms with Crippen LogP contribution in [0.5, 0.6) is 0 Å². The highest BCUT2D eigenvalue weighted by molar-refractivity contribution is 5.91. The Balaban J connectivity index is 1.92. The van der Waals surface area contributed by atoms with E-state index in [4.69, 9.17) is 9.84 Å². The molecule has 0 atom stereocenters. The fourth-order valence-electron chi connectivity index (χ4n) is 2.34. The van der Waals surface area contributed by atoms with E-state index in [0.29, 0.717) is 11.5 Å². The van der Waals surface area contributed by atoms with E-state index < -0.39 is 12.1 Å². The molecule has 0 bridgehead atoms. The first-order valence-corrected chi connectivity index (χ1v) is 7.34. The number of fused-ring (bicyclic) bond motifs is 1. The Bertz CT molecular complexity index is 917. The molecule has 0 saturated heterocycles. The monoisotopic (exact) mass is 325 g/mol. The molecule has 7 heteroatoms. The minimum Gasteiger partial charge on any atom is -0.478 e. The highest BCUT2D eigenvalue weighted by atomic mass is 16.5. The third-order valence-electron chi connectivity index (χ3n) is 3.42. The van der Waals surface area contributed by atoms with Crippen LogP contribution in [-0.4, -0.2) is 33.7 Å². The molecule has 0 saturated carbocycles. The van der Waals surface area contributed by atoms with Gasteiger partial charge in [0.1, 0.15) is 0 Å². The Kier molecular flexibility index (Phi) is 4.15. The Labute approximate surface area is 137 Å². The number of anilines is 1. The van der Waals surface area contributed by atoms with Crippen molar-refractivity contribution in [1.82, 2.24) is 9.97 Å². The van der Waals surface area contributed by atoms with Crippen molar-refractivity contribution in [3.63, 3.8) is 0 Å². The molecule has 3 rings (SSSR count). The van der Waals surface area contributed by atoms with E-state index >= 15 is 0 Å². The molecule has 3 N–H and O–H groups in total. The molecule has 1 heterocycles. The van der Waals surface area contributed by atoms with Crippen LogP contribution in [0.1, 0.15) is 17.3 Å².